The van der Waals surface area contributed by atoms with Crippen molar-refractivity contribution in [3.63, 3.8) is 0 Å². The van der Waals surface area contributed by atoms with E-state index in [2.05, 4.69) is 4.98 Å². The third-order valence-corrected chi connectivity index (χ3v) is 4.53. The first kappa shape index (κ1) is 11.9. The van der Waals surface area contributed by atoms with Gasteiger partial charge in [0.25, 0.3) is 0 Å². The number of nitrogens with one attached hydrogen (secondary N) is 1. The molecule has 1 heterocycles. The number of aromatic amines is 1. The van der Waals surface area contributed by atoms with Crippen LogP contribution in [0.25, 0.3) is 11.3 Å². The van der Waals surface area contributed by atoms with Crippen molar-refractivity contribution in [2.75, 3.05) is 5.75 Å². The van der Waals surface area contributed by atoms with Crippen LogP contribution in [0.3, 0.4) is 0 Å². The summed E-state index contributed by atoms with van der Waals surface area (Å²) in [5.41, 5.74) is 2.72. The van der Waals surface area contributed by atoms with Crippen LogP contribution in [-0.4, -0.2) is 19.2 Å². The molecule has 0 unspecified atom stereocenters. The Balaban J connectivity index is 2.55. The molecule has 0 saturated carbocycles. The number of hydrogen-bond donors (Lipinski definition) is 1. The smallest absolute Gasteiger partial charge is 0.180 e. The van der Waals surface area contributed by atoms with Gasteiger partial charge in [0.05, 0.1) is 16.3 Å². The van der Waals surface area contributed by atoms with Crippen LogP contribution < -0.4 is 0 Å². The van der Waals surface area contributed by atoms with Crippen molar-refractivity contribution in [3.05, 3.63) is 42.1 Å². The standard InChI is InChI=1S/C13H15NO2S/c1-3-17(15,16)12-8-9-14-13(12)11-6-4-10(2)5-7-11/h4-9,14H,3H2,1-2H3. The number of benzene rings is 1. The molecule has 17 heavy (non-hydrogen) atoms. The van der Waals surface area contributed by atoms with Gasteiger partial charge in [-0.1, -0.05) is 36.8 Å². The van der Waals surface area contributed by atoms with Crippen molar-refractivity contribution in [3.8, 4) is 11.3 Å². The first-order valence-corrected chi connectivity index (χ1v) is 7.17. The van der Waals surface area contributed by atoms with Gasteiger partial charge in [-0.25, -0.2) is 8.42 Å². The maximum atomic E-state index is 11.9. The van der Waals surface area contributed by atoms with Crippen LogP contribution in [0, 0.1) is 6.92 Å². The van der Waals surface area contributed by atoms with Gasteiger partial charge in [0.1, 0.15) is 0 Å². The Morgan fingerprint density at radius 2 is 1.76 bits per heavy atom. The number of hydrogen-bond acceptors (Lipinski definition) is 2. The Bertz CT molecular complexity index is 609. The lowest BCUT2D eigenvalue weighted by Gasteiger charge is -2.04. The Labute approximate surface area is 101 Å². The van der Waals surface area contributed by atoms with Crippen molar-refractivity contribution in [2.24, 2.45) is 0 Å². The molecule has 0 aliphatic heterocycles. The maximum Gasteiger partial charge on any atom is 0.180 e. The van der Waals surface area contributed by atoms with Gasteiger partial charge < -0.3 is 4.98 Å². The van der Waals surface area contributed by atoms with E-state index < -0.39 is 9.84 Å². The fourth-order valence-electron chi connectivity index (χ4n) is 1.72. The predicted molar refractivity (Wildman–Crippen MR) is 68.7 cm³/mol. The van der Waals surface area contributed by atoms with Crippen LogP contribution in [0.5, 0.6) is 0 Å². The monoisotopic (exact) mass is 249 g/mol. The van der Waals surface area contributed by atoms with E-state index in [4.69, 9.17) is 0 Å². The molecule has 4 heteroatoms. The van der Waals surface area contributed by atoms with E-state index in [1.165, 1.54) is 0 Å². The Morgan fingerprint density at radius 3 is 2.35 bits per heavy atom. The number of sulfone groups is 1. The second kappa shape index (κ2) is 4.37. The minimum absolute atomic E-state index is 0.115. The van der Waals surface area contributed by atoms with E-state index >= 15 is 0 Å². The number of H-pyrrole nitrogens is 1. The van der Waals surface area contributed by atoms with Gasteiger partial charge in [0.2, 0.25) is 0 Å². The molecule has 1 aromatic heterocycles. The lowest BCUT2D eigenvalue weighted by atomic mass is 10.1. The highest BCUT2D eigenvalue weighted by Gasteiger charge is 2.18. The zero-order valence-corrected chi connectivity index (χ0v) is 10.7. The second-order valence-corrected chi connectivity index (χ2v) is 6.23. The Kier molecular flexibility index (Phi) is 3.07. The molecule has 0 saturated heterocycles. The van der Waals surface area contributed by atoms with Crippen LogP contribution in [0.2, 0.25) is 0 Å². The molecular formula is C13H15NO2S. The number of aromatic nitrogens is 1. The average molecular weight is 249 g/mol. The first-order chi connectivity index (χ1) is 8.04. The van der Waals surface area contributed by atoms with E-state index in [1.54, 1.807) is 19.2 Å². The van der Waals surface area contributed by atoms with Crippen molar-refractivity contribution >= 4 is 9.84 Å². The lowest BCUT2D eigenvalue weighted by Crippen LogP contribution is -2.03. The molecule has 1 N–H and O–H groups in total. The molecule has 0 aliphatic rings. The highest BCUT2D eigenvalue weighted by Crippen LogP contribution is 2.26. The van der Waals surface area contributed by atoms with E-state index in [9.17, 15) is 8.42 Å². The van der Waals surface area contributed by atoms with Crippen molar-refractivity contribution in [1.82, 2.24) is 4.98 Å². The minimum atomic E-state index is -3.18. The van der Waals surface area contributed by atoms with Gasteiger partial charge in [-0.05, 0) is 18.6 Å². The molecule has 2 rings (SSSR count). The molecule has 0 amide bonds. The normalized spacial score (nSPS) is 11.6. The molecule has 0 bridgehead atoms. The minimum Gasteiger partial charge on any atom is -0.360 e. The Morgan fingerprint density at radius 1 is 1.12 bits per heavy atom. The summed E-state index contributed by atoms with van der Waals surface area (Å²) in [6, 6.07) is 9.41. The summed E-state index contributed by atoms with van der Waals surface area (Å²) < 4.78 is 23.8. The molecule has 0 fully saturated rings. The van der Waals surface area contributed by atoms with E-state index in [1.807, 2.05) is 31.2 Å². The van der Waals surface area contributed by atoms with Gasteiger partial charge in [-0.15, -0.1) is 0 Å². The third-order valence-electron chi connectivity index (χ3n) is 2.76. The summed E-state index contributed by atoms with van der Waals surface area (Å²) in [7, 11) is -3.18. The van der Waals surface area contributed by atoms with Gasteiger partial charge in [-0.3, -0.25) is 0 Å². The zero-order chi connectivity index (χ0) is 12.5. The highest BCUT2D eigenvalue weighted by atomic mass is 32.2. The zero-order valence-electron chi connectivity index (χ0n) is 9.90. The summed E-state index contributed by atoms with van der Waals surface area (Å²) in [5.74, 6) is 0.115. The van der Waals surface area contributed by atoms with E-state index in [0.717, 1.165) is 11.1 Å². The number of aryl methyl sites for hydroxylation is 1. The summed E-state index contributed by atoms with van der Waals surface area (Å²) in [6.45, 7) is 3.66. The van der Waals surface area contributed by atoms with Gasteiger partial charge in [0.15, 0.2) is 9.84 Å². The molecule has 90 valence electrons. The first-order valence-electron chi connectivity index (χ1n) is 5.52. The SMILES string of the molecule is CCS(=O)(=O)c1cc[nH]c1-c1ccc(C)cc1. The fraction of sp³-hybridized carbons (Fsp3) is 0.231. The van der Waals surface area contributed by atoms with Crippen LogP contribution in [0.1, 0.15) is 12.5 Å². The average Bonchev–Trinajstić information content (AvgIpc) is 2.80. The third kappa shape index (κ3) is 2.26. The predicted octanol–water partition coefficient (Wildman–Crippen LogP) is 2.78. The summed E-state index contributed by atoms with van der Waals surface area (Å²) in [4.78, 5) is 3.38. The van der Waals surface area contributed by atoms with Gasteiger partial charge in [-0.2, -0.15) is 0 Å². The highest BCUT2D eigenvalue weighted by molar-refractivity contribution is 7.91. The largest absolute Gasteiger partial charge is 0.360 e. The number of rotatable bonds is 3. The quantitative estimate of drug-likeness (QED) is 0.909. The van der Waals surface area contributed by atoms with Gasteiger partial charge >= 0.3 is 0 Å². The van der Waals surface area contributed by atoms with E-state index in [-0.39, 0.29) is 5.75 Å². The summed E-state index contributed by atoms with van der Waals surface area (Å²) in [6.07, 6.45) is 1.66. The summed E-state index contributed by atoms with van der Waals surface area (Å²) >= 11 is 0. The molecule has 3 nitrogen and oxygen atoms in total. The topological polar surface area (TPSA) is 49.9 Å². The van der Waals surface area contributed by atoms with Crippen LogP contribution >= 0.6 is 0 Å². The molecule has 1 aromatic carbocycles. The Hall–Kier alpha value is -1.55. The second-order valence-electron chi connectivity index (χ2n) is 3.99. The van der Waals surface area contributed by atoms with E-state index in [0.29, 0.717) is 10.6 Å². The molecule has 0 atom stereocenters. The van der Waals surface area contributed by atoms with Crippen molar-refractivity contribution < 1.29 is 8.42 Å². The molecule has 0 radical (unpaired) electrons. The maximum absolute atomic E-state index is 11.9. The van der Waals surface area contributed by atoms with Crippen LogP contribution in [-0.2, 0) is 9.84 Å². The van der Waals surface area contributed by atoms with Crippen LogP contribution in [0.15, 0.2) is 41.4 Å². The van der Waals surface area contributed by atoms with Gasteiger partial charge in [0, 0.05) is 6.20 Å². The lowest BCUT2D eigenvalue weighted by molar-refractivity contribution is 0.597. The molecule has 0 spiro atoms. The fourth-order valence-corrected chi connectivity index (χ4v) is 2.79. The van der Waals surface area contributed by atoms with Crippen molar-refractivity contribution in [2.45, 2.75) is 18.7 Å². The molecule has 0 aliphatic carbocycles. The van der Waals surface area contributed by atoms with Crippen molar-refractivity contribution in [1.29, 1.82) is 0 Å². The molecule has 2 aromatic rings. The van der Waals surface area contributed by atoms with Crippen LogP contribution in [0.4, 0.5) is 0 Å². The summed E-state index contributed by atoms with van der Waals surface area (Å²) in [5, 5.41) is 0. The molecular weight excluding hydrogens is 234 g/mol.